The Morgan fingerprint density at radius 3 is 2.52 bits per heavy atom. The zero-order valence-electron chi connectivity index (χ0n) is 16.7. The largest absolute Gasteiger partial charge is 0.481 e. The first kappa shape index (κ1) is 23.4. The second kappa shape index (κ2) is 12.0. The number of aliphatic hydroxyl groups excluding tert-OH is 3. The Balaban J connectivity index is 1.76. The van der Waals surface area contributed by atoms with Gasteiger partial charge in [-0.25, -0.2) is 4.39 Å². The predicted octanol–water partition coefficient (Wildman–Crippen LogP) is 3.45. The van der Waals surface area contributed by atoms with E-state index < -0.39 is 24.3 Å². The first-order valence-corrected chi connectivity index (χ1v) is 10.4. The van der Waals surface area contributed by atoms with E-state index in [1.54, 1.807) is 12.1 Å². The maximum absolute atomic E-state index is 13.2. The van der Waals surface area contributed by atoms with Gasteiger partial charge in [-0.1, -0.05) is 25.3 Å². The van der Waals surface area contributed by atoms with Gasteiger partial charge in [-0.05, 0) is 62.1 Å². The molecule has 0 aromatic heterocycles. The lowest BCUT2D eigenvalue weighted by molar-refractivity contribution is -0.137. The molecular weight excluding hydrogens is 377 g/mol. The van der Waals surface area contributed by atoms with Gasteiger partial charge in [0.25, 0.3) is 0 Å². The summed E-state index contributed by atoms with van der Waals surface area (Å²) in [7, 11) is 0. The summed E-state index contributed by atoms with van der Waals surface area (Å²) in [4.78, 5) is 14.6. The maximum atomic E-state index is 13.2. The Hall–Kier alpha value is -1.83. The van der Waals surface area contributed by atoms with Crippen LogP contribution in [0.15, 0.2) is 29.3 Å². The summed E-state index contributed by atoms with van der Waals surface area (Å²) in [6.45, 7) is 0. The lowest BCUT2D eigenvalue weighted by Crippen LogP contribution is -2.24. The number of halogens is 1. The van der Waals surface area contributed by atoms with Crippen molar-refractivity contribution in [2.75, 3.05) is 0 Å². The number of hydrogen-bond donors (Lipinski definition) is 4. The zero-order valence-corrected chi connectivity index (χ0v) is 16.7. The molecule has 0 spiro atoms. The van der Waals surface area contributed by atoms with Gasteiger partial charge < -0.3 is 20.4 Å². The highest BCUT2D eigenvalue weighted by Crippen LogP contribution is 2.39. The van der Waals surface area contributed by atoms with E-state index in [2.05, 4.69) is 4.99 Å². The molecule has 1 unspecified atom stereocenters. The third-order valence-electron chi connectivity index (χ3n) is 5.70. The van der Waals surface area contributed by atoms with Crippen molar-refractivity contribution in [1.82, 2.24) is 0 Å². The van der Waals surface area contributed by atoms with Gasteiger partial charge in [0.05, 0.1) is 24.0 Å². The number of carboxylic acids is 1. The van der Waals surface area contributed by atoms with Crippen molar-refractivity contribution in [3.63, 3.8) is 0 Å². The molecule has 2 rings (SSSR count). The first-order chi connectivity index (χ1) is 13.9. The number of carboxylic acid groups (broad SMARTS) is 1. The normalized spacial score (nSPS) is 25.5. The molecule has 0 amide bonds. The summed E-state index contributed by atoms with van der Waals surface area (Å²) in [5, 5.41) is 39.4. The van der Waals surface area contributed by atoms with Crippen molar-refractivity contribution in [1.29, 1.82) is 0 Å². The van der Waals surface area contributed by atoms with E-state index >= 15 is 0 Å². The molecular formula is C22H32FNO5. The van der Waals surface area contributed by atoms with E-state index in [4.69, 9.17) is 5.11 Å². The van der Waals surface area contributed by atoms with Crippen molar-refractivity contribution < 1.29 is 29.6 Å². The Bertz CT molecular complexity index is 668. The minimum Gasteiger partial charge on any atom is -0.481 e. The molecule has 0 saturated heterocycles. The van der Waals surface area contributed by atoms with Crippen LogP contribution in [0.2, 0.25) is 0 Å². The van der Waals surface area contributed by atoms with Crippen molar-refractivity contribution >= 4 is 17.9 Å². The smallest absolute Gasteiger partial charge is 0.303 e. The average molecular weight is 409 g/mol. The molecule has 1 fully saturated rings. The van der Waals surface area contributed by atoms with Gasteiger partial charge in [-0.3, -0.25) is 9.79 Å². The summed E-state index contributed by atoms with van der Waals surface area (Å²) >= 11 is 0. The number of aliphatic imine (C=N–C) groups is 1. The summed E-state index contributed by atoms with van der Waals surface area (Å²) in [5.74, 6) is -1.26. The van der Waals surface area contributed by atoms with E-state index in [0.717, 1.165) is 25.7 Å². The number of unbranched alkanes of at least 4 members (excludes halogenated alkanes) is 3. The van der Waals surface area contributed by atoms with Crippen molar-refractivity contribution in [2.45, 2.75) is 76.1 Å². The molecule has 6 nitrogen and oxygen atoms in total. The second-order valence-electron chi connectivity index (χ2n) is 7.95. The fourth-order valence-corrected chi connectivity index (χ4v) is 4.16. The number of hydrogen-bond acceptors (Lipinski definition) is 5. The number of nitrogens with zero attached hydrogens (tertiary/aromatic N) is 1. The molecule has 1 aromatic carbocycles. The molecule has 4 N–H and O–H groups in total. The number of benzene rings is 1. The SMILES string of the molecule is O=C(O)CCCCCC[C@@H]1[C@@H](CCC(O)C=Nc2cccc(F)c2)[C@H](O)C[C@@H]1O. The fraction of sp³-hybridized carbons (Fsp3) is 0.636. The van der Waals surface area contributed by atoms with E-state index in [1.807, 2.05) is 0 Å². The minimum atomic E-state index is -0.806. The Morgan fingerprint density at radius 2 is 1.83 bits per heavy atom. The molecule has 0 aliphatic heterocycles. The Labute approximate surface area is 171 Å². The molecule has 5 atom stereocenters. The van der Waals surface area contributed by atoms with Crippen molar-refractivity contribution in [2.24, 2.45) is 16.8 Å². The van der Waals surface area contributed by atoms with Crippen LogP contribution in [-0.2, 0) is 4.79 Å². The lowest BCUT2D eigenvalue weighted by atomic mass is 9.85. The number of aliphatic hydroxyl groups is 3. The number of rotatable bonds is 12. The second-order valence-corrected chi connectivity index (χ2v) is 7.95. The molecule has 29 heavy (non-hydrogen) atoms. The van der Waals surface area contributed by atoms with E-state index in [0.29, 0.717) is 31.4 Å². The van der Waals surface area contributed by atoms with Gasteiger partial charge in [0.2, 0.25) is 0 Å². The van der Waals surface area contributed by atoms with Crippen LogP contribution in [0.25, 0.3) is 0 Å². The third kappa shape index (κ3) is 8.20. The number of carbonyl (C=O) groups is 1. The van der Waals surface area contributed by atoms with E-state index in [-0.39, 0.29) is 24.1 Å². The Morgan fingerprint density at radius 1 is 1.14 bits per heavy atom. The van der Waals surface area contributed by atoms with Gasteiger partial charge in [0.15, 0.2) is 0 Å². The minimum absolute atomic E-state index is 0.0168. The Kier molecular flexibility index (Phi) is 9.70. The molecule has 7 heteroatoms. The molecule has 0 heterocycles. The van der Waals surface area contributed by atoms with Crippen LogP contribution in [0.4, 0.5) is 10.1 Å². The summed E-state index contributed by atoms with van der Waals surface area (Å²) in [6, 6.07) is 5.81. The van der Waals surface area contributed by atoms with Gasteiger partial charge >= 0.3 is 5.97 Å². The fourth-order valence-electron chi connectivity index (χ4n) is 4.16. The molecule has 162 valence electrons. The highest BCUT2D eigenvalue weighted by molar-refractivity contribution is 5.67. The van der Waals surface area contributed by atoms with Crippen molar-refractivity contribution in [3.05, 3.63) is 30.1 Å². The van der Waals surface area contributed by atoms with Crippen molar-refractivity contribution in [3.8, 4) is 0 Å². The van der Waals surface area contributed by atoms with Gasteiger partial charge in [-0.15, -0.1) is 0 Å². The predicted molar refractivity (Wildman–Crippen MR) is 109 cm³/mol. The van der Waals surface area contributed by atoms with Gasteiger partial charge in [-0.2, -0.15) is 0 Å². The molecule has 1 aliphatic rings. The van der Waals surface area contributed by atoms with E-state index in [1.165, 1.54) is 18.3 Å². The van der Waals surface area contributed by atoms with Crippen LogP contribution < -0.4 is 0 Å². The lowest BCUT2D eigenvalue weighted by Gasteiger charge is -2.24. The number of aliphatic carboxylic acids is 1. The van der Waals surface area contributed by atoms with Crippen LogP contribution >= 0.6 is 0 Å². The van der Waals surface area contributed by atoms with Crippen LogP contribution in [-0.4, -0.2) is 50.9 Å². The van der Waals surface area contributed by atoms with Crippen LogP contribution in [0.1, 0.15) is 57.8 Å². The average Bonchev–Trinajstić information content (AvgIpc) is 2.93. The molecule has 1 saturated carbocycles. The molecule has 1 aromatic rings. The van der Waals surface area contributed by atoms with Crippen LogP contribution in [0, 0.1) is 17.7 Å². The zero-order chi connectivity index (χ0) is 21.2. The van der Waals surface area contributed by atoms with Gasteiger partial charge in [0.1, 0.15) is 5.82 Å². The topological polar surface area (TPSA) is 110 Å². The quantitative estimate of drug-likeness (QED) is 0.312. The van der Waals surface area contributed by atoms with Crippen LogP contribution in [0.3, 0.4) is 0 Å². The summed E-state index contributed by atoms with van der Waals surface area (Å²) in [5.41, 5.74) is 0.432. The first-order valence-electron chi connectivity index (χ1n) is 10.4. The molecule has 0 radical (unpaired) electrons. The van der Waals surface area contributed by atoms with E-state index in [9.17, 15) is 24.5 Å². The highest BCUT2D eigenvalue weighted by atomic mass is 19.1. The molecule has 1 aliphatic carbocycles. The monoisotopic (exact) mass is 409 g/mol. The van der Waals surface area contributed by atoms with Crippen LogP contribution in [0.5, 0.6) is 0 Å². The third-order valence-corrected chi connectivity index (χ3v) is 5.70. The maximum Gasteiger partial charge on any atom is 0.303 e. The summed E-state index contributed by atoms with van der Waals surface area (Å²) < 4.78 is 13.2. The van der Waals surface area contributed by atoms with Gasteiger partial charge in [0, 0.05) is 12.6 Å². The molecule has 0 bridgehead atoms. The summed E-state index contributed by atoms with van der Waals surface area (Å²) in [6.07, 6.45) is 5.01. The highest BCUT2D eigenvalue weighted by Gasteiger charge is 2.40. The standard InChI is InChI=1S/C22H32FNO5/c23-15-6-5-7-16(12-15)24-14-17(25)10-11-19-18(20(26)13-21(19)27)8-3-1-2-4-9-22(28)29/h5-7,12,14,17-21,25-27H,1-4,8-11,13H2,(H,28,29)/t17?,18-,19-,20+,21-/m1/s1.